The van der Waals surface area contributed by atoms with Crippen molar-refractivity contribution >= 4 is 46.5 Å². The molecule has 0 unspecified atom stereocenters. The predicted octanol–water partition coefficient (Wildman–Crippen LogP) is 1.75. The molecule has 1 aliphatic heterocycles. The maximum absolute atomic E-state index is 12.3. The Kier molecular flexibility index (Phi) is 4.01. The Morgan fingerprint density at radius 3 is 2.46 bits per heavy atom. The van der Waals surface area contributed by atoms with Crippen molar-refractivity contribution in [3.05, 3.63) is 63.0 Å². The van der Waals surface area contributed by atoms with Crippen LogP contribution in [0.5, 0.6) is 0 Å². The van der Waals surface area contributed by atoms with E-state index in [4.69, 9.17) is 16.0 Å². The number of allylic oxidation sites excluding steroid dienone is 2. The fourth-order valence-corrected chi connectivity index (χ4v) is 2.28. The smallest absolute Gasteiger partial charge is 0.328 e. The van der Waals surface area contributed by atoms with Gasteiger partial charge in [0.15, 0.2) is 5.43 Å². The van der Waals surface area contributed by atoms with Crippen LogP contribution in [0.3, 0.4) is 0 Å². The number of hydrogen-bond acceptors (Lipinski definition) is 5. The molecular weight excluding hydrogens is 336 g/mol. The Hall–Kier alpha value is -3.19. The number of carbonyl (C=O) groups is 3. The maximum Gasteiger partial charge on any atom is 0.328 e. The first-order valence-electron chi connectivity index (χ1n) is 6.72. The first-order valence-corrected chi connectivity index (χ1v) is 7.09. The summed E-state index contributed by atoms with van der Waals surface area (Å²) >= 11 is 5.87. The zero-order valence-electron chi connectivity index (χ0n) is 12.0. The summed E-state index contributed by atoms with van der Waals surface area (Å²) in [5.74, 6) is -1.63. The lowest BCUT2D eigenvalue weighted by molar-refractivity contribution is -0.124. The number of carbonyl (C=O) groups excluding carboxylic acids is 3. The number of benzene rings is 1. The molecule has 2 N–H and O–H groups in total. The Balaban J connectivity index is 1.94. The number of rotatable bonds is 2. The average Bonchev–Trinajstić information content (AvgIpc) is 2.52. The van der Waals surface area contributed by atoms with E-state index in [1.807, 2.05) is 10.6 Å². The topological polar surface area (TPSA) is 105 Å². The monoisotopic (exact) mass is 344 g/mol. The summed E-state index contributed by atoms with van der Waals surface area (Å²) in [5.41, 5.74) is 0.0546. The minimum atomic E-state index is -0.877. The van der Waals surface area contributed by atoms with E-state index in [2.05, 4.69) is 0 Å². The van der Waals surface area contributed by atoms with Gasteiger partial charge in [0.25, 0.3) is 11.8 Å². The molecule has 0 bridgehead atoms. The Morgan fingerprint density at radius 2 is 1.75 bits per heavy atom. The molecule has 120 valence electrons. The van der Waals surface area contributed by atoms with Crippen LogP contribution in [0, 0.1) is 0 Å². The predicted molar refractivity (Wildman–Crippen MR) is 86.3 cm³/mol. The molecule has 0 atom stereocenters. The van der Waals surface area contributed by atoms with Gasteiger partial charge >= 0.3 is 6.03 Å². The molecule has 0 aliphatic carbocycles. The number of hydrogen-bond donors (Lipinski definition) is 2. The van der Waals surface area contributed by atoms with Gasteiger partial charge in [0.05, 0.1) is 10.9 Å². The Morgan fingerprint density at radius 1 is 1.04 bits per heavy atom. The Bertz CT molecular complexity index is 981. The van der Waals surface area contributed by atoms with Gasteiger partial charge < -0.3 is 4.42 Å². The number of imide groups is 2. The molecule has 1 aromatic heterocycles. The van der Waals surface area contributed by atoms with Crippen molar-refractivity contribution < 1.29 is 18.8 Å². The molecule has 24 heavy (non-hydrogen) atoms. The highest BCUT2D eigenvalue weighted by Gasteiger charge is 2.26. The van der Waals surface area contributed by atoms with Gasteiger partial charge in [-0.2, -0.15) is 0 Å². The van der Waals surface area contributed by atoms with Crippen LogP contribution in [0.15, 0.2) is 51.4 Å². The van der Waals surface area contributed by atoms with Gasteiger partial charge in [0.2, 0.25) is 0 Å². The van der Waals surface area contributed by atoms with Crippen LogP contribution in [-0.2, 0) is 9.59 Å². The van der Waals surface area contributed by atoms with Crippen LogP contribution in [-0.4, -0.2) is 17.8 Å². The normalized spacial score (nSPS) is 14.9. The summed E-state index contributed by atoms with van der Waals surface area (Å²) in [4.78, 5) is 46.4. The number of nitrogens with one attached hydrogen (secondary N) is 2. The molecule has 0 radical (unpaired) electrons. The molecule has 1 aromatic carbocycles. The zero-order chi connectivity index (χ0) is 17.3. The standard InChI is InChI=1S/C16H9ClN2O5/c17-9-4-5-12-11(6-9)13(20)8(7-24-12)2-1-3-10-14(21)18-16(23)19-15(10)22/h1-7H,(H2,18,19,21,22,23). The average molecular weight is 345 g/mol. The molecular formula is C16H9ClN2O5. The highest BCUT2D eigenvalue weighted by Crippen LogP contribution is 2.17. The molecule has 2 heterocycles. The second-order valence-electron chi connectivity index (χ2n) is 4.84. The largest absolute Gasteiger partial charge is 0.463 e. The van der Waals surface area contributed by atoms with Crippen LogP contribution in [0.1, 0.15) is 5.56 Å². The fourth-order valence-electron chi connectivity index (χ4n) is 2.11. The van der Waals surface area contributed by atoms with Crippen molar-refractivity contribution in [1.29, 1.82) is 0 Å². The number of halogens is 1. The quantitative estimate of drug-likeness (QED) is 0.637. The number of amides is 4. The van der Waals surface area contributed by atoms with Crippen molar-refractivity contribution in [2.45, 2.75) is 0 Å². The first kappa shape index (κ1) is 15.7. The van der Waals surface area contributed by atoms with Gasteiger partial charge in [-0.25, -0.2) is 4.79 Å². The van der Waals surface area contributed by atoms with Crippen LogP contribution in [0.4, 0.5) is 4.79 Å². The van der Waals surface area contributed by atoms with E-state index in [1.54, 1.807) is 12.1 Å². The van der Waals surface area contributed by atoms with E-state index in [-0.39, 0.29) is 16.6 Å². The first-order chi connectivity index (χ1) is 11.5. The lowest BCUT2D eigenvalue weighted by Crippen LogP contribution is -2.51. The number of fused-ring (bicyclic) bond motifs is 1. The van der Waals surface area contributed by atoms with Gasteiger partial charge in [-0.05, 0) is 30.4 Å². The van der Waals surface area contributed by atoms with Gasteiger partial charge in [0, 0.05) is 5.02 Å². The zero-order valence-corrected chi connectivity index (χ0v) is 12.7. The van der Waals surface area contributed by atoms with Crippen molar-refractivity contribution in [2.75, 3.05) is 0 Å². The van der Waals surface area contributed by atoms with Crippen molar-refractivity contribution in [2.24, 2.45) is 0 Å². The van der Waals surface area contributed by atoms with E-state index in [0.29, 0.717) is 16.0 Å². The van der Waals surface area contributed by atoms with E-state index < -0.39 is 17.8 Å². The Labute approximate surface area is 139 Å². The lowest BCUT2D eigenvalue weighted by atomic mass is 10.1. The molecule has 1 fully saturated rings. The maximum atomic E-state index is 12.3. The number of urea groups is 1. The molecule has 7 nitrogen and oxygen atoms in total. The van der Waals surface area contributed by atoms with Crippen molar-refractivity contribution in [3.63, 3.8) is 0 Å². The highest BCUT2D eigenvalue weighted by molar-refractivity contribution is 6.31. The van der Waals surface area contributed by atoms with Gasteiger partial charge in [-0.15, -0.1) is 0 Å². The summed E-state index contributed by atoms with van der Waals surface area (Å²) in [6, 6.07) is 3.81. The van der Waals surface area contributed by atoms with E-state index in [0.717, 1.165) is 0 Å². The molecule has 1 aliphatic rings. The third-order valence-corrected chi connectivity index (χ3v) is 3.48. The van der Waals surface area contributed by atoms with Gasteiger partial charge in [-0.1, -0.05) is 17.7 Å². The highest BCUT2D eigenvalue weighted by atomic mass is 35.5. The SMILES string of the molecule is O=C1NC(=O)C(=CC=Cc2coc3ccc(Cl)cc3c2=O)C(=O)N1. The summed E-state index contributed by atoms with van der Waals surface area (Å²) in [5, 5.41) is 4.60. The van der Waals surface area contributed by atoms with Crippen molar-refractivity contribution in [1.82, 2.24) is 10.6 Å². The number of barbiturate groups is 1. The molecule has 4 amide bonds. The summed E-state index contributed by atoms with van der Waals surface area (Å²) in [6.07, 6.45) is 5.18. The molecule has 2 aromatic rings. The van der Waals surface area contributed by atoms with Crippen LogP contribution in [0.2, 0.25) is 5.02 Å². The van der Waals surface area contributed by atoms with Crippen LogP contribution in [0.25, 0.3) is 17.0 Å². The summed E-state index contributed by atoms with van der Waals surface area (Å²) < 4.78 is 5.34. The third-order valence-electron chi connectivity index (χ3n) is 3.24. The van der Waals surface area contributed by atoms with E-state index in [1.165, 1.54) is 30.6 Å². The molecule has 1 saturated heterocycles. The molecule has 8 heteroatoms. The third kappa shape index (κ3) is 2.97. The minimum absolute atomic E-state index is 0.217. The van der Waals surface area contributed by atoms with Gasteiger partial charge in [-0.3, -0.25) is 25.0 Å². The molecule has 3 rings (SSSR count). The minimum Gasteiger partial charge on any atom is -0.463 e. The van der Waals surface area contributed by atoms with Crippen LogP contribution >= 0.6 is 11.6 Å². The van der Waals surface area contributed by atoms with Crippen molar-refractivity contribution in [3.8, 4) is 0 Å². The van der Waals surface area contributed by atoms with Crippen LogP contribution < -0.4 is 16.1 Å². The fraction of sp³-hybridized carbons (Fsp3) is 0. The summed E-state index contributed by atoms with van der Waals surface area (Å²) in [7, 11) is 0. The second kappa shape index (κ2) is 6.13. The summed E-state index contributed by atoms with van der Waals surface area (Å²) in [6.45, 7) is 0. The molecule has 0 spiro atoms. The van der Waals surface area contributed by atoms with E-state index >= 15 is 0 Å². The second-order valence-corrected chi connectivity index (χ2v) is 5.27. The van der Waals surface area contributed by atoms with E-state index in [9.17, 15) is 19.2 Å². The molecule has 0 saturated carbocycles. The lowest BCUT2D eigenvalue weighted by Gasteiger charge is -2.12. The van der Waals surface area contributed by atoms with Gasteiger partial charge in [0.1, 0.15) is 17.4 Å².